The van der Waals surface area contributed by atoms with Gasteiger partial charge in [0.1, 0.15) is 18.4 Å². The molecule has 144 valence electrons. The van der Waals surface area contributed by atoms with Crippen molar-refractivity contribution < 1.29 is 13.2 Å². The normalized spacial score (nSPS) is 12.4. The van der Waals surface area contributed by atoms with Crippen molar-refractivity contribution in [3.8, 4) is 11.1 Å². The largest absolute Gasteiger partial charge is 0.406 e. The summed E-state index contributed by atoms with van der Waals surface area (Å²) in [5, 5.41) is 6.50. The van der Waals surface area contributed by atoms with Gasteiger partial charge in [0, 0.05) is 23.5 Å². The Labute approximate surface area is 156 Å². The number of pyridine rings is 2. The van der Waals surface area contributed by atoms with Crippen LogP contribution in [0.4, 0.5) is 13.2 Å². The van der Waals surface area contributed by atoms with Gasteiger partial charge in [-0.05, 0) is 12.0 Å². The van der Waals surface area contributed by atoms with Crippen LogP contribution in [0.5, 0.6) is 0 Å². The van der Waals surface area contributed by atoms with Gasteiger partial charge >= 0.3 is 6.18 Å². The van der Waals surface area contributed by atoms with Gasteiger partial charge in [0.05, 0.1) is 28.3 Å². The molecular weight excluding hydrogens is 373 g/mol. The van der Waals surface area contributed by atoms with E-state index in [0.717, 1.165) is 5.69 Å². The Balaban J connectivity index is 2.05. The maximum absolute atomic E-state index is 13.1. The van der Waals surface area contributed by atoms with Crippen LogP contribution in [-0.4, -0.2) is 35.9 Å². The number of hydrogen-bond donors (Lipinski definition) is 1. The molecule has 7 nitrogen and oxygen atoms in total. The van der Waals surface area contributed by atoms with Gasteiger partial charge in [0.15, 0.2) is 0 Å². The highest BCUT2D eigenvalue weighted by molar-refractivity contribution is 6.01. The molecule has 0 aliphatic heterocycles. The van der Waals surface area contributed by atoms with E-state index >= 15 is 0 Å². The molecule has 0 saturated carbocycles. The summed E-state index contributed by atoms with van der Waals surface area (Å²) in [5.74, 6) is 0.0705. The standard InChI is InChI=1S/C18H15F3N6O/c1-9(2)14-11(5-22-8-24-14)10-3-13-16(23-4-10)15-12(6-25-26-15)17(28)27(13)7-18(19,20)21/h3-6,8-9H,7H2,1-2H3,(H,25,26). The molecule has 4 aromatic heterocycles. The fraction of sp³-hybridized carbons (Fsp3) is 0.278. The lowest BCUT2D eigenvalue weighted by atomic mass is 10.00. The topological polar surface area (TPSA) is 89.3 Å². The highest BCUT2D eigenvalue weighted by Gasteiger charge is 2.30. The predicted octanol–water partition coefficient (Wildman–Crippen LogP) is 3.42. The zero-order chi connectivity index (χ0) is 20.1. The lowest BCUT2D eigenvalue weighted by Gasteiger charge is -2.15. The van der Waals surface area contributed by atoms with Crippen LogP contribution in [0.2, 0.25) is 0 Å². The molecule has 0 fully saturated rings. The number of alkyl halides is 3. The summed E-state index contributed by atoms with van der Waals surface area (Å²) in [6.07, 6.45) is 1.19. The summed E-state index contributed by atoms with van der Waals surface area (Å²) >= 11 is 0. The average Bonchev–Trinajstić information content (AvgIpc) is 3.14. The number of aromatic nitrogens is 6. The number of aromatic amines is 1. The lowest BCUT2D eigenvalue weighted by Crippen LogP contribution is -2.28. The monoisotopic (exact) mass is 388 g/mol. The Kier molecular flexibility index (Phi) is 4.13. The lowest BCUT2D eigenvalue weighted by molar-refractivity contribution is -0.140. The molecule has 28 heavy (non-hydrogen) atoms. The number of fused-ring (bicyclic) bond motifs is 3. The number of rotatable bonds is 3. The van der Waals surface area contributed by atoms with Gasteiger partial charge in [-0.3, -0.25) is 19.4 Å². The second-order valence-electron chi connectivity index (χ2n) is 6.73. The van der Waals surface area contributed by atoms with Crippen LogP contribution in [0.25, 0.3) is 33.1 Å². The van der Waals surface area contributed by atoms with Crippen molar-refractivity contribution in [3.63, 3.8) is 0 Å². The Morgan fingerprint density at radius 2 is 1.96 bits per heavy atom. The van der Waals surface area contributed by atoms with Gasteiger partial charge in [-0.1, -0.05) is 13.8 Å². The Morgan fingerprint density at radius 3 is 2.68 bits per heavy atom. The average molecular weight is 388 g/mol. The van der Waals surface area contributed by atoms with E-state index in [2.05, 4.69) is 25.1 Å². The van der Waals surface area contributed by atoms with E-state index < -0.39 is 18.3 Å². The maximum Gasteiger partial charge on any atom is 0.406 e. The Bertz CT molecular complexity index is 1240. The van der Waals surface area contributed by atoms with Crippen molar-refractivity contribution in [2.75, 3.05) is 0 Å². The first kappa shape index (κ1) is 18.1. The maximum atomic E-state index is 13.1. The van der Waals surface area contributed by atoms with Gasteiger partial charge in [-0.2, -0.15) is 18.3 Å². The van der Waals surface area contributed by atoms with E-state index in [1.807, 2.05) is 13.8 Å². The summed E-state index contributed by atoms with van der Waals surface area (Å²) in [6.45, 7) is 2.49. The van der Waals surface area contributed by atoms with Crippen molar-refractivity contribution in [2.45, 2.75) is 32.5 Å². The summed E-state index contributed by atoms with van der Waals surface area (Å²) in [4.78, 5) is 25.3. The molecule has 0 atom stereocenters. The summed E-state index contributed by atoms with van der Waals surface area (Å²) in [7, 11) is 0. The molecule has 0 radical (unpaired) electrons. The molecule has 4 rings (SSSR count). The molecule has 0 spiro atoms. The molecule has 0 amide bonds. The van der Waals surface area contributed by atoms with E-state index in [4.69, 9.17) is 0 Å². The molecule has 0 aromatic carbocycles. The minimum Gasteiger partial charge on any atom is -0.297 e. The molecule has 4 aromatic rings. The number of halogens is 3. The highest BCUT2D eigenvalue weighted by Crippen LogP contribution is 2.30. The Hall–Kier alpha value is -3.30. The Morgan fingerprint density at radius 1 is 1.18 bits per heavy atom. The third-order valence-electron chi connectivity index (χ3n) is 4.45. The third kappa shape index (κ3) is 3.00. The number of H-pyrrole nitrogens is 1. The van der Waals surface area contributed by atoms with Gasteiger partial charge in [-0.25, -0.2) is 9.97 Å². The van der Waals surface area contributed by atoms with Crippen molar-refractivity contribution >= 4 is 21.9 Å². The molecule has 0 aliphatic carbocycles. The minimum absolute atomic E-state index is 0.0583. The van der Waals surface area contributed by atoms with E-state index in [1.54, 1.807) is 6.20 Å². The number of hydrogen-bond acceptors (Lipinski definition) is 5. The second-order valence-corrected chi connectivity index (χ2v) is 6.73. The molecular formula is C18H15F3N6O. The minimum atomic E-state index is -4.57. The van der Waals surface area contributed by atoms with Crippen molar-refractivity contribution in [3.05, 3.63) is 47.0 Å². The quantitative estimate of drug-likeness (QED) is 0.581. The first-order valence-electron chi connectivity index (χ1n) is 8.49. The van der Waals surface area contributed by atoms with Crippen LogP contribution in [0.1, 0.15) is 25.5 Å². The smallest absolute Gasteiger partial charge is 0.297 e. The number of nitrogens with one attached hydrogen (secondary N) is 1. The summed E-state index contributed by atoms with van der Waals surface area (Å²) in [6, 6.07) is 1.51. The fourth-order valence-corrected chi connectivity index (χ4v) is 3.24. The first-order valence-corrected chi connectivity index (χ1v) is 8.49. The van der Waals surface area contributed by atoms with Crippen LogP contribution in [0.15, 0.2) is 35.8 Å². The number of nitrogens with zero attached hydrogens (tertiary/aromatic N) is 5. The van der Waals surface area contributed by atoms with Crippen molar-refractivity contribution in [1.82, 2.24) is 29.7 Å². The van der Waals surface area contributed by atoms with Crippen LogP contribution in [0, 0.1) is 0 Å². The van der Waals surface area contributed by atoms with Crippen molar-refractivity contribution in [2.24, 2.45) is 0 Å². The summed E-state index contributed by atoms with van der Waals surface area (Å²) in [5.41, 5.74) is 1.76. The molecule has 1 N–H and O–H groups in total. The van der Waals surface area contributed by atoms with Gasteiger partial charge in [0.25, 0.3) is 5.56 Å². The van der Waals surface area contributed by atoms with E-state index in [1.165, 1.54) is 24.8 Å². The van der Waals surface area contributed by atoms with Crippen LogP contribution < -0.4 is 5.56 Å². The van der Waals surface area contributed by atoms with E-state index in [-0.39, 0.29) is 22.3 Å². The molecule has 0 unspecified atom stereocenters. The SMILES string of the molecule is CC(C)c1ncncc1-c1cnc2c3[nH]ncc3c(=O)n(CC(F)(F)F)c2c1. The van der Waals surface area contributed by atoms with Gasteiger partial charge < -0.3 is 0 Å². The zero-order valence-corrected chi connectivity index (χ0v) is 14.9. The second kappa shape index (κ2) is 6.39. The molecule has 4 heterocycles. The summed E-state index contributed by atoms with van der Waals surface area (Å²) < 4.78 is 40.1. The molecule has 0 saturated heterocycles. The highest BCUT2D eigenvalue weighted by atomic mass is 19.4. The van der Waals surface area contributed by atoms with E-state index in [9.17, 15) is 18.0 Å². The van der Waals surface area contributed by atoms with Crippen molar-refractivity contribution in [1.29, 1.82) is 0 Å². The van der Waals surface area contributed by atoms with Crippen LogP contribution in [0.3, 0.4) is 0 Å². The fourth-order valence-electron chi connectivity index (χ4n) is 3.24. The predicted molar refractivity (Wildman–Crippen MR) is 96.8 cm³/mol. The van der Waals surface area contributed by atoms with Crippen LogP contribution >= 0.6 is 0 Å². The first-order chi connectivity index (χ1) is 13.3. The third-order valence-corrected chi connectivity index (χ3v) is 4.45. The molecule has 10 heteroatoms. The van der Waals surface area contributed by atoms with Gasteiger partial charge in [0.2, 0.25) is 0 Å². The van der Waals surface area contributed by atoms with Gasteiger partial charge in [-0.15, -0.1) is 0 Å². The molecule has 0 aliphatic rings. The van der Waals surface area contributed by atoms with Crippen LogP contribution in [-0.2, 0) is 6.54 Å². The van der Waals surface area contributed by atoms with E-state index in [0.29, 0.717) is 21.2 Å². The molecule has 0 bridgehead atoms. The zero-order valence-electron chi connectivity index (χ0n) is 14.9.